The highest BCUT2D eigenvalue weighted by molar-refractivity contribution is 7.11. The van der Waals surface area contributed by atoms with Crippen molar-refractivity contribution in [2.24, 2.45) is 0 Å². The number of carboxylic acids is 1. The van der Waals surface area contributed by atoms with Crippen molar-refractivity contribution >= 4 is 23.4 Å². The van der Waals surface area contributed by atoms with Gasteiger partial charge in [0.05, 0.1) is 13.0 Å². The van der Waals surface area contributed by atoms with Crippen molar-refractivity contribution < 1.29 is 19.4 Å². The van der Waals surface area contributed by atoms with E-state index in [0.29, 0.717) is 10.0 Å². The third kappa shape index (κ3) is 3.72. The molecule has 0 atom stereocenters. The van der Waals surface area contributed by atoms with E-state index in [2.05, 4.69) is 39.8 Å². The third-order valence-corrected chi connectivity index (χ3v) is 5.46. The predicted octanol–water partition coefficient (Wildman–Crippen LogP) is 3.20. The minimum absolute atomic E-state index is 0.00171. The number of carbonyl (C=O) groups excluding carboxylic acids is 1. The molecule has 0 spiro atoms. The molecule has 2 aromatic carbocycles. The Labute approximate surface area is 165 Å². The van der Waals surface area contributed by atoms with Crippen LogP contribution in [0.5, 0.6) is 0 Å². The van der Waals surface area contributed by atoms with Gasteiger partial charge in [-0.05, 0) is 22.3 Å². The summed E-state index contributed by atoms with van der Waals surface area (Å²) in [6.45, 7) is 0.383. The Morgan fingerprint density at radius 2 is 1.61 bits per heavy atom. The van der Waals surface area contributed by atoms with Crippen LogP contribution in [0.2, 0.25) is 0 Å². The normalized spacial score (nSPS) is 12.3. The van der Waals surface area contributed by atoms with Crippen molar-refractivity contribution in [2.45, 2.75) is 18.9 Å². The van der Waals surface area contributed by atoms with Gasteiger partial charge in [-0.1, -0.05) is 59.9 Å². The van der Waals surface area contributed by atoms with Crippen LogP contribution >= 0.6 is 11.3 Å². The SMILES string of the molecule is O=C(O)Cc1nnc(CNC(=O)OCC2c3ccccc3-c3ccccc32)s1. The zero-order chi connectivity index (χ0) is 19.5. The molecular formula is C20H17N3O4S. The molecule has 1 amide bonds. The fourth-order valence-electron chi connectivity index (χ4n) is 3.36. The van der Waals surface area contributed by atoms with Crippen molar-refractivity contribution in [1.82, 2.24) is 15.5 Å². The number of aliphatic carboxylic acids is 1. The number of alkyl carbamates (subject to hydrolysis) is 1. The number of nitrogens with one attached hydrogen (secondary N) is 1. The van der Waals surface area contributed by atoms with Gasteiger partial charge in [0.25, 0.3) is 0 Å². The average molecular weight is 395 g/mol. The highest BCUT2D eigenvalue weighted by Gasteiger charge is 2.28. The van der Waals surface area contributed by atoms with Crippen LogP contribution < -0.4 is 5.32 Å². The van der Waals surface area contributed by atoms with E-state index < -0.39 is 12.1 Å². The van der Waals surface area contributed by atoms with Crippen molar-refractivity contribution in [2.75, 3.05) is 6.61 Å². The smallest absolute Gasteiger partial charge is 0.407 e. The number of nitrogens with zero attached hydrogens (tertiary/aromatic N) is 2. The second-order valence-corrected chi connectivity index (χ2v) is 7.49. The van der Waals surface area contributed by atoms with Gasteiger partial charge in [-0.15, -0.1) is 10.2 Å². The summed E-state index contributed by atoms with van der Waals surface area (Å²) in [7, 11) is 0. The van der Waals surface area contributed by atoms with Crippen LogP contribution in [0.3, 0.4) is 0 Å². The second-order valence-electron chi connectivity index (χ2n) is 6.34. The van der Waals surface area contributed by atoms with Crippen molar-refractivity contribution in [3.63, 3.8) is 0 Å². The van der Waals surface area contributed by atoms with Crippen LogP contribution in [0.25, 0.3) is 11.1 Å². The highest BCUT2D eigenvalue weighted by atomic mass is 32.1. The fourth-order valence-corrected chi connectivity index (χ4v) is 4.13. The summed E-state index contributed by atoms with van der Waals surface area (Å²) in [4.78, 5) is 22.8. The van der Waals surface area contributed by atoms with E-state index in [1.807, 2.05) is 24.3 Å². The molecule has 0 saturated heterocycles. The summed E-state index contributed by atoms with van der Waals surface area (Å²) in [5.74, 6) is -0.964. The predicted molar refractivity (Wildman–Crippen MR) is 103 cm³/mol. The molecule has 142 valence electrons. The maximum Gasteiger partial charge on any atom is 0.407 e. The number of carboxylic acid groups (broad SMARTS) is 1. The molecule has 0 unspecified atom stereocenters. The zero-order valence-corrected chi connectivity index (χ0v) is 15.6. The van der Waals surface area contributed by atoms with Crippen LogP contribution in [0.1, 0.15) is 27.1 Å². The molecule has 0 saturated carbocycles. The number of carbonyl (C=O) groups is 2. The molecule has 28 heavy (non-hydrogen) atoms. The molecule has 1 heterocycles. The lowest BCUT2D eigenvalue weighted by Crippen LogP contribution is -2.25. The van der Waals surface area contributed by atoms with Crippen molar-refractivity contribution in [3.8, 4) is 11.1 Å². The monoisotopic (exact) mass is 395 g/mol. The summed E-state index contributed by atoms with van der Waals surface area (Å²) < 4.78 is 5.45. The van der Waals surface area contributed by atoms with Crippen LogP contribution in [-0.2, 0) is 22.5 Å². The van der Waals surface area contributed by atoms with E-state index in [0.717, 1.165) is 22.5 Å². The quantitative estimate of drug-likeness (QED) is 0.665. The molecule has 0 bridgehead atoms. The Hall–Kier alpha value is -3.26. The van der Waals surface area contributed by atoms with E-state index in [1.165, 1.54) is 11.1 Å². The summed E-state index contributed by atoms with van der Waals surface area (Å²) >= 11 is 1.15. The van der Waals surface area contributed by atoms with Gasteiger partial charge in [0.1, 0.15) is 16.6 Å². The van der Waals surface area contributed by atoms with E-state index in [4.69, 9.17) is 9.84 Å². The molecular weight excluding hydrogens is 378 g/mol. The Kier molecular flexibility index (Phi) is 5.03. The molecule has 0 fully saturated rings. The first-order chi connectivity index (χ1) is 13.6. The Morgan fingerprint density at radius 3 is 2.25 bits per heavy atom. The van der Waals surface area contributed by atoms with Crippen LogP contribution in [0.4, 0.5) is 4.79 Å². The molecule has 8 heteroatoms. The van der Waals surface area contributed by atoms with Gasteiger partial charge in [0.2, 0.25) is 0 Å². The van der Waals surface area contributed by atoms with E-state index in [1.54, 1.807) is 0 Å². The van der Waals surface area contributed by atoms with Crippen molar-refractivity contribution in [3.05, 3.63) is 69.7 Å². The lowest BCUT2D eigenvalue weighted by Gasteiger charge is -2.14. The first kappa shape index (κ1) is 18.1. The summed E-state index contributed by atoms with van der Waals surface area (Å²) in [6.07, 6.45) is -0.723. The summed E-state index contributed by atoms with van der Waals surface area (Å²) in [6, 6.07) is 16.3. The molecule has 0 radical (unpaired) electrons. The number of hydrogen-bond acceptors (Lipinski definition) is 6. The zero-order valence-electron chi connectivity index (χ0n) is 14.8. The molecule has 1 aromatic heterocycles. The molecule has 4 rings (SSSR count). The van der Waals surface area contributed by atoms with E-state index in [9.17, 15) is 9.59 Å². The molecule has 7 nitrogen and oxygen atoms in total. The van der Waals surface area contributed by atoms with Crippen LogP contribution in [0, 0.1) is 0 Å². The number of fused-ring (bicyclic) bond motifs is 3. The topological polar surface area (TPSA) is 101 Å². The first-order valence-corrected chi connectivity index (χ1v) is 9.55. The number of aromatic nitrogens is 2. The number of rotatable bonds is 6. The molecule has 2 N–H and O–H groups in total. The minimum Gasteiger partial charge on any atom is -0.481 e. The standard InChI is InChI=1S/C20H17N3O4S/c24-19(25)9-17-22-23-18(28-17)10-21-20(26)27-11-16-14-7-3-1-5-12(14)13-6-2-4-8-15(13)16/h1-8,16H,9-11H2,(H,21,26)(H,24,25). The summed E-state index contributed by atoms with van der Waals surface area (Å²) in [5, 5.41) is 20.0. The number of ether oxygens (including phenoxy) is 1. The lowest BCUT2D eigenvalue weighted by molar-refractivity contribution is -0.136. The van der Waals surface area contributed by atoms with Crippen LogP contribution in [0.15, 0.2) is 48.5 Å². The van der Waals surface area contributed by atoms with Gasteiger partial charge in [0, 0.05) is 5.92 Å². The number of amides is 1. The van der Waals surface area contributed by atoms with Gasteiger partial charge in [-0.2, -0.15) is 0 Å². The molecule has 0 aliphatic heterocycles. The second kappa shape index (κ2) is 7.77. The van der Waals surface area contributed by atoms with Gasteiger partial charge < -0.3 is 15.2 Å². The maximum atomic E-state index is 12.1. The van der Waals surface area contributed by atoms with Crippen LogP contribution in [-0.4, -0.2) is 34.0 Å². The summed E-state index contributed by atoms with van der Waals surface area (Å²) in [5.41, 5.74) is 4.65. The Balaban J connectivity index is 1.36. The van der Waals surface area contributed by atoms with E-state index in [-0.39, 0.29) is 25.5 Å². The van der Waals surface area contributed by atoms with Gasteiger partial charge >= 0.3 is 12.1 Å². The van der Waals surface area contributed by atoms with Gasteiger partial charge in [-0.3, -0.25) is 4.79 Å². The highest BCUT2D eigenvalue weighted by Crippen LogP contribution is 2.44. The number of benzene rings is 2. The van der Waals surface area contributed by atoms with Gasteiger partial charge in [0.15, 0.2) is 0 Å². The lowest BCUT2D eigenvalue weighted by atomic mass is 9.98. The largest absolute Gasteiger partial charge is 0.481 e. The fraction of sp³-hybridized carbons (Fsp3) is 0.200. The van der Waals surface area contributed by atoms with Gasteiger partial charge in [-0.25, -0.2) is 4.79 Å². The Morgan fingerprint density at radius 1 is 1.00 bits per heavy atom. The maximum absolute atomic E-state index is 12.1. The van der Waals surface area contributed by atoms with E-state index >= 15 is 0 Å². The molecule has 1 aliphatic rings. The number of hydrogen-bond donors (Lipinski definition) is 2. The first-order valence-electron chi connectivity index (χ1n) is 8.73. The molecule has 3 aromatic rings. The molecule has 1 aliphatic carbocycles. The minimum atomic E-state index is -0.966. The third-order valence-electron chi connectivity index (χ3n) is 4.54. The average Bonchev–Trinajstić information content (AvgIpc) is 3.26. The van der Waals surface area contributed by atoms with Crippen molar-refractivity contribution in [1.29, 1.82) is 0 Å². The Bertz CT molecular complexity index is 988.